The summed E-state index contributed by atoms with van der Waals surface area (Å²) >= 11 is 0. The Morgan fingerprint density at radius 1 is 0.827 bits per heavy atom. The zero-order valence-corrected chi connectivity index (χ0v) is 35.5. The van der Waals surface area contributed by atoms with Crippen molar-refractivity contribution in [3.05, 3.63) is 11.6 Å². The van der Waals surface area contributed by atoms with Gasteiger partial charge in [-0.3, -0.25) is 9.59 Å². The summed E-state index contributed by atoms with van der Waals surface area (Å²) in [6.45, 7) is 22.1. The Balaban J connectivity index is 1.25. The molecule has 0 bridgehead atoms. The molecule has 4 aliphatic carbocycles. The normalized spacial score (nSPS) is 31.0. The van der Waals surface area contributed by atoms with E-state index in [1.54, 1.807) is 5.57 Å². The van der Waals surface area contributed by atoms with Gasteiger partial charge in [0.2, 0.25) is 5.91 Å². The maximum Gasteiger partial charge on any atom is 0.306 e. The predicted molar refractivity (Wildman–Crippen MR) is 218 cm³/mol. The van der Waals surface area contributed by atoms with Crippen LogP contribution in [0.15, 0.2) is 11.6 Å². The zero-order chi connectivity index (χ0) is 38.3. The van der Waals surface area contributed by atoms with E-state index in [1.165, 1.54) is 57.8 Å². The first-order chi connectivity index (χ1) is 24.3. The van der Waals surface area contributed by atoms with E-state index in [0.29, 0.717) is 12.0 Å². The van der Waals surface area contributed by atoms with Crippen molar-refractivity contribution in [2.24, 2.45) is 57.8 Å². The molecule has 0 spiro atoms. The van der Waals surface area contributed by atoms with Crippen molar-refractivity contribution in [3.8, 4) is 0 Å². The van der Waals surface area contributed by atoms with Crippen LogP contribution in [0.1, 0.15) is 191 Å². The molecular weight excluding hydrogens is 643 g/mol. The Kier molecular flexibility index (Phi) is 15.4. The first-order valence-electron chi connectivity index (χ1n) is 22.1. The number of carbonyl (C=O) groups is 2. The van der Waals surface area contributed by atoms with E-state index in [2.05, 4.69) is 54.5 Å². The van der Waals surface area contributed by atoms with Crippen LogP contribution in [0.25, 0.3) is 0 Å². The largest absolute Gasteiger partial charge is 0.462 e. The van der Waals surface area contributed by atoms with Crippen molar-refractivity contribution in [2.45, 2.75) is 208 Å². The number of rotatable bonds is 20. The van der Waals surface area contributed by atoms with E-state index < -0.39 is 0 Å². The van der Waals surface area contributed by atoms with Crippen molar-refractivity contribution in [1.29, 1.82) is 0 Å². The molecule has 0 aromatic heterocycles. The second-order valence-corrected chi connectivity index (χ2v) is 20.8. The van der Waals surface area contributed by atoms with Gasteiger partial charge in [-0.1, -0.05) is 91.2 Å². The fourth-order valence-electron chi connectivity index (χ4n) is 11.6. The molecular formula is C46H83N3O3. The van der Waals surface area contributed by atoms with Crippen LogP contribution in [0.2, 0.25) is 0 Å². The summed E-state index contributed by atoms with van der Waals surface area (Å²) < 4.78 is 6.12. The highest BCUT2D eigenvalue weighted by Crippen LogP contribution is 2.67. The molecule has 4 N–H and O–H groups in total. The molecule has 8 unspecified atom stereocenters. The highest BCUT2D eigenvalue weighted by atomic mass is 16.5. The summed E-state index contributed by atoms with van der Waals surface area (Å²) in [4.78, 5) is 28.5. The SMILES string of the molecule is CC(C)CCCC(C)C1CCC2C3CC=C4CC(OC(=O)CCC(=O)N(CCCCCCCC(C)(C)N)CCC(C)(C)N)CCC4(C)C3CCC12C. The topological polar surface area (TPSA) is 98.7 Å². The third kappa shape index (κ3) is 11.8. The molecule has 52 heavy (non-hydrogen) atoms. The minimum Gasteiger partial charge on any atom is -0.462 e. The summed E-state index contributed by atoms with van der Waals surface area (Å²) in [6, 6.07) is 0. The molecule has 4 aliphatic rings. The molecule has 6 nitrogen and oxygen atoms in total. The molecule has 0 heterocycles. The minimum absolute atomic E-state index is 0.0479. The van der Waals surface area contributed by atoms with Gasteiger partial charge in [-0.05, 0) is 138 Å². The number of fused-ring (bicyclic) bond motifs is 5. The van der Waals surface area contributed by atoms with Crippen molar-refractivity contribution in [2.75, 3.05) is 13.1 Å². The van der Waals surface area contributed by atoms with Gasteiger partial charge in [0.25, 0.3) is 0 Å². The Labute approximate surface area is 320 Å². The van der Waals surface area contributed by atoms with Gasteiger partial charge in [-0.15, -0.1) is 0 Å². The van der Waals surface area contributed by atoms with Gasteiger partial charge < -0.3 is 21.1 Å². The lowest BCUT2D eigenvalue weighted by Crippen LogP contribution is -2.51. The quantitative estimate of drug-likeness (QED) is 0.0739. The number of nitrogens with zero attached hydrogens (tertiary/aromatic N) is 1. The van der Waals surface area contributed by atoms with Gasteiger partial charge in [0.05, 0.1) is 6.42 Å². The fourth-order valence-corrected chi connectivity index (χ4v) is 11.6. The number of unbranched alkanes of at least 4 members (excludes halogenated alkanes) is 4. The lowest BCUT2D eigenvalue weighted by atomic mass is 9.47. The van der Waals surface area contributed by atoms with Crippen LogP contribution in [0.5, 0.6) is 0 Å². The third-order valence-corrected chi connectivity index (χ3v) is 14.7. The van der Waals surface area contributed by atoms with Crippen LogP contribution in [-0.2, 0) is 14.3 Å². The van der Waals surface area contributed by atoms with Crippen LogP contribution in [0, 0.1) is 46.3 Å². The Morgan fingerprint density at radius 2 is 1.52 bits per heavy atom. The summed E-state index contributed by atoms with van der Waals surface area (Å²) in [6.07, 6.45) is 24.1. The maximum absolute atomic E-state index is 13.4. The Hall–Kier alpha value is -1.40. The number of nitrogens with two attached hydrogens (primary N) is 2. The van der Waals surface area contributed by atoms with Gasteiger partial charge >= 0.3 is 5.97 Å². The fraction of sp³-hybridized carbons (Fsp3) is 0.913. The molecule has 1 amide bonds. The first kappa shape index (κ1) is 43.3. The van der Waals surface area contributed by atoms with E-state index in [0.717, 1.165) is 99.8 Å². The molecule has 4 rings (SSSR count). The van der Waals surface area contributed by atoms with Crippen molar-refractivity contribution in [3.63, 3.8) is 0 Å². The number of carbonyl (C=O) groups excluding carboxylic acids is 2. The number of hydrogen-bond donors (Lipinski definition) is 2. The van der Waals surface area contributed by atoms with Crippen molar-refractivity contribution in [1.82, 2.24) is 4.90 Å². The molecule has 0 radical (unpaired) electrons. The predicted octanol–water partition coefficient (Wildman–Crippen LogP) is 10.8. The zero-order valence-electron chi connectivity index (χ0n) is 35.5. The standard InChI is InChI=1S/C46H83N3O3/c1-33(2)16-15-17-34(3)38-20-21-39-37-19-18-35-32-36(24-27-45(35,8)40(37)25-28-46(38,39)9)52-42(51)23-22-41(50)49(31-29-44(6,7)48)30-14-12-10-11-13-26-43(4,5)47/h18,33-34,36-40H,10-17,19-32,47-48H2,1-9H3. The smallest absolute Gasteiger partial charge is 0.306 e. The van der Waals surface area contributed by atoms with Gasteiger partial charge in [0, 0.05) is 37.0 Å². The van der Waals surface area contributed by atoms with Crippen LogP contribution in [0.4, 0.5) is 0 Å². The molecule has 3 fully saturated rings. The average Bonchev–Trinajstić information content (AvgIpc) is 3.41. The van der Waals surface area contributed by atoms with Crippen LogP contribution in [0.3, 0.4) is 0 Å². The third-order valence-electron chi connectivity index (χ3n) is 14.7. The highest BCUT2D eigenvalue weighted by Gasteiger charge is 2.59. The molecule has 0 aromatic rings. The molecule has 3 saturated carbocycles. The summed E-state index contributed by atoms with van der Waals surface area (Å²) in [5.41, 5.74) is 14.3. The van der Waals surface area contributed by atoms with Gasteiger partial charge in [0.15, 0.2) is 0 Å². The lowest BCUT2D eigenvalue weighted by Gasteiger charge is -2.58. The summed E-state index contributed by atoms with van der Waals surface area (Å²) in [5, 5.41) is 0. The molecule has 300 valence electrons. The van der Waals surface area contributed by atoms with Crippen LogP contribution >= 0.6 is 0 Å². The summed E-state index contributed by atoms with van der Waals surface area (Å²) in [7, 11) is 0. The van der Waals surface area contributed by atoms with Crippen LogP contribution in [-0.4, -0.2) is 47.0 Å². The molecule has 0 aliphatic heterocycles. The summed E-state index contributed by atoms with van der Waals surface area (Å²) in [5.74, 6) is 4.79. The second-order valence-electron chi connectivity index (χ2n) is 20.8. The Morgan fingerprint density at radius 3 is 2.21 bits per heavy atom. The molecule has 0 saturated heterocycles. The second kappa shape index (κ2) is 18.5. The van der Waals surface area contributed by atoms with E-state index in [-0.39, 0.29) is 47.3 Å². The number of amides is 1. The van der Waals surface area contributed by atoms with Crippen molar-refractivity contribution >= 4 is 11.9 Å². The van der Waals surface area contributed by atoms with E-state index in [9.17, 15) is 9.59 Å². The molecule has 6 heteroatoms. The number of esters is 1. The minimum atomic E-state index is -0.335. The van der Waals surface area contributed by atoms with E-state index >= 15 is 0 Å². The van der Waals surface area contributed by atoms with Crippen LogP contribution < -0.4 is 11.5 Å². The number of ether oxygens (including phenoxy) is 1. The van der Waals surface area contributed by atoms with Gasteiger partial charge in [-0.2, -0.15) is 0 Å². The molecule has 0 aromatic carbocycles. The maximum atomic E-state index is 13.4. The number of allylic oxidation sites excluding steroid dienone is 1. The average molecular weight is 726 g/mol. The monoisotopic (exact) mass is 726 g/mol. The lowest BCUT2D eigenvalue weighted by molar-refractivity contribution is -0.153. The Bertz CT molecular complexity index is 1180. The highest BCUT2D eigenvalue weighted by molar-refractivity contribution is 5.81. The first-order valence-corrected chi connectivity index (χ1v) is 22.1. The molecule has 8 atom stereocenters. The van der Waals surface area contributed by atoms with Gasteiger partial charge in [0.1, 0.15) is 6.10 Å². The van der Waals surface area contributed by atoms with E-state index in [4.69, 9.17) is 16.2 Å². The number of hydrogen-bond acceptors (Lipinski definition) is 5. The van der Waals surface area contributed by atoms with Gasteiger partial charge in [-0.25, -0.2) is 0 Å². The van der Waals surface area contributed by atoms with E-state index in [1.807, 2.05) is 18.7 Å². The van der Waals surface area contributed by atoms with Crippen molar-refractivity contribution < 1.29 is 14.3 Å².